The van der Waals surface area contributed by atoms with E-state index in [1.54, 1.807) is 0 Å². The summed E-state index contributed by atoms with van der Waals surface area (Å²) >= 11 is 3.47. The molecule has 1 aromatic rings. The molecule has 0 spiro atoms. The van der Waals surface area contributed by atoms with Gasteiger partial charge in [-0.15, -0.1) is 0 Å². The Morgan fingerprint density at radius 3 is 2.94 bits per heavy atom. The average molecular weight is 298 g/mol. The van der Waals surface area contributed by atoms with E-state index in [-0.39, 0.29) is 6.10 Å². The lowest BCUT2D eigenvalue weighted by atomic mass is 9.80. The summed E-state index contributed by atoms with van der Waals surface area (Å²) in [5, 5.41) is 0. The molecule has 1 aromatic carbocycles. The third kappa shape index (κ3) is 3.46. The Kier molecular flexibility index (Phi) is 4.46. The van der Waals surface area contributed by atoms with Crippen molar-refractivity contribution in [2.24, 2.45) is 17.6 Å². The number of rotatable bonds is 3. The van der Waals surface area contributed by atoms with Crippen molar-refractivity contribution in [3.8, 4) is 5.75 Å². The first kappa shape index (κ1) is 12.9. The van der Waals surface area contributed by atoms with Gasteiger partial charge in [-0.2, -0.15) is 0 Å². The molecule has 0 radical (unpaired) electrons. The minimum Gasteiger partial charge on any atom is -0.490 e. The number of ether oxygens (including phenoxy) is 1. The zero-order chi connectivity index (χ0) is 12.3. The summed E-state index contributed by atoms with van der Waals surface area (Å²) in [4.78, 5) is 0. The Balaban J connectivity index is 2.04. The van der Waals surface area contributed by atoms with Crippen molar-refractivity contribution in [2.75, 3.05) is 6.54 Å². The molecule has 3 atom stereocenters. The highest BCUT2D eigenvalue weighted by atomic mass is 79.9. The molecular weight excluding hydrogens is 278 g/mol. The zero-order valence-electron chi connectivity index (χ0n) is 10.2. The van der Waals surface area contributed by atoms with Gasteiger partial charge in [-0.1, -0.05) is 35.3 Å². The topological polar surface area (TPSA) is 35.2 Å². The number of hydrogen-bond acceptors (Lipinski definition) is 2. The predicted octanol–water partition coefficient (Wildman–Crippen LogP) is 3.59. The van der Waals surface area contributed by atoms with Crippen molar-refractivity contribution in [3.63, 3.8) is 0 Å². The van der Waals surface area contributed by atoms with Gasteiger partial charge in [-0.25, -0.2) is 0 Å². The van der Waals surface area contributed by atoms with E-state index in [0.29, 0.717) is 5.92 Å². The summed E-state index contributed by atoms with van der Waals surface area (Å²) in [5.41, 5.74) is 5.83. The molecule has 1 aliphatic carbocycles. The van der Waals surface area contributed by atoms with Gasteiger partial charge in [-0.05, 0) is 43.5 Å². The molecule has 1 saturated carbocycles. The van der Waals surface area contributed by atoms with Crippen molar-refractivity contribution in [2.45, 2.75) is 32.3 Å². The lowest BCUT2D eigenvalue weighted by Gasteiger charge is -2.34. The summed E-state index contributed by atoms with van der Waals surface area (Å²) in [6.07, 6.45) is 3.86. The molecule has 0 aliphatic heterocycles. The number of nitrogens with two attached hydrogens (primary N) is 1. The lowest BCUT2D eigenvalue weighted by molar-refractivity contribution is 0.0741. The maximum absolute atomic E-state index is 6.10. The summed E-state index contributed by atoms with van der Waals surface area (Å²) < 4.78 is 7.16. The zero-order valence-corrected chi connectivity index (χ0v) is 11.8. The normalized spacial score (nSPS) is 29.0. The van der Waals surface area contributed by atoms with E-state index in [4.69, 9.17) is 10.5 Å². The van der Waals surface area contributed by atoms with Gasteiger partial charge in [0.2, 0.25) is 0 Å². The van der Waals surface area contributed by atoms with Crippen LogP contribution in [0.3, 0.4) is 0 Å². The molecule has 0 bridgehead atoms. The van der Waals surface area contributed by atoms with Gasteiger partial charge in [0.1, 0.15) is 11.9 Å². The van der Waals surface area contributed by atoms with Gasteiger partial charge in [0.25, 0.3) is 0 Å². The SMILES string of the molecule is CC1CCC(CN)C(Oc2cccc(Br)c2)C1. The standard InChI is InChI=1S/C14H20BrNO/c1-10-5-6-11(9-16)14(7-10)17-13-4-2-3-12(15)8-13/h2-4,8,10-11,14H,5-7,9,16H2,1H3. The molecule has 3 unspecified atom stereocenters. The fourth-order valence-electron chi connectivity index (χ4n) is 2.52. The van der Waals surface area contributed by atoms with E-state index in [0.717, 1.165) is 29.1 Å². The van der Waals surface area contributed by atoms with Gasteiger partial charge in [0.15, 0.2) is 0 Å². The molecule has 0 amide bonds. The van der Waals surface area contributed by atoms with Crippen LogP contribution in [-0.2, 0) is 0 Å². The number of benzene rings is 1. The fraction of sp³-hybridized carbons (Fsp3) is 0.571. The van der Waals surface area contributed by atoms with Crippen LogP contribution in [0.2, 0.25) is 0 Å². The van der Waals surface area contributed by atoms with Crippen LogP contribution in [0.15, 0.2) is 28.7 Å². The molecule has 0 aromatic heterocycles. The van der Waals surface area contributed by atoms with E-state index < -0.39 is 0 Å². The van der Waals surface area contributed by atoms with E-state index in [1.165, 1.54) is 12.8 Å². The molecule has 2 rings (SSSR count). The lowest BCUT2D eigenvalue weighted by Crippen LogP contribution is -2.37. The van der Waals surface area contributed by atoms with Crippen LogP contribution in [0.4, 0.5) is 0 Å². The van der Waals surface area contributed by atoms with Crippen LogP contribution in [0.1, 0.15) is 26.2 Å². The van der Waals surface area contributed by atoms with Crippen LogP contribution in [0, 0.1) is 11.8 Å². The molecule has 94 valence electrons. The van der Waals surface area contributed by atoms with Gasteiger partial charge in [0.05, 0.1) is 0 Å². The van der Waals surface area contributed by atoms with Gasteiger partial charge >= 0.3 is 0 Å². The second kappa shape index (κ2) is 5.87. The molecular formula is C14H20BrNO. The minimum atomic E-state index is 0.276. The maximum Gasteiger partial charge on any atom is 0.120 e. The molecule has 0 heterocycles. The first-order valence-corrected chi connectivity index (χ1v) is 7.10. The molecule has 3 heteroatoms. The van der Waals surface area contributed by atoms with Crippen molar-refractivity contribution in [3.05, 3.63) is 28.7 Å². The summed E-state index contributed by atoms with van der Waals surface area (Å²) in [7, 11) is 0. The van der Waals surface area contributed by atoms with Crippen molar-refractivity contribution in [1.82, 2.24) is 0 Å². The van der Waals surface area contributed by atoms with E-state index >= 15 is 0 Å². The van der Waals surface area contributed by atoms with Crippen molar-refractivity contribution < 1.29 is 4.74 Å². The Morgan fingerprint density at radius 2 is 2.24 bits per heavy atom. The Morgan fingerprint density at radius 1 is 1.41 bits per heavy atom. The first-order valence-electron chi connectivity index (χ1n) is 6.31. The van der Waals surface area contributed by atoms with Crippen LogP contribution in [0.25, 0.3) is 0 Å². The third-order valence-corrected chi connectivity index (χ3v) is 4.07. The average Bonchev–Trinajstić information content (AvgIpc) is 2.29. The molecule has 17 heavy (non-hydrogen) atoms. The van der Waals surface area contributed by atoms with Crippen LogP contribution >= 0.6 is 15.9 Å². The van der Waals surface area contributed by atoms with Gasteiger partial charge in [0, 0.05) is 10.4 Å². The van der Waals surface area contributed by atoms with Crippen LogP contribution in [0.5, 0.6) is 5.75 Å². The first-order chi connectivity index (χ1) is 8.19. The highest BCUT2D eigenvalue weighted by molar-refractivity contribution is 9.10. The van der Waals surface area contributed by atoms with Crippen LogP contribution < -0.4 is 10.5 Å². The maximum atomic E-state index is 6.10. The Bertz CT molecular complexity index is 369. The third-order valence-electron chi connectivity index (χ3n) is 3.58. The van der Waals surface area contributed by atoms with E-state index in [1.807, 2.05) is 24.3 Å². The molecule has 1 aliphatic rings. The minimum absolute atomic E-state index is 0.276. The summed E-state index contributed by atoms with van der Waals surface area (Å²) in [6, 6.07) is 8.05. The van der Waals surface area contributed by atoms with Gasteiger partial charge < -0.3 is 10.5 Å². The monoisotopic (exact) mass is 297 g/mol. The largest absolute Gasteiger partial charge is 0.490 e. The number of halogens is 1. The number of hydrogen-bond donors (Lipinski definition) is 1. The molecule has 2 N–H and O–H groups in total. The van der Waals surface area contributed by atoms with E-state index in [2.05, 4.69) is 22.9 Å². The van der Waals surface area contributed by atoms with Crippen molar-refractivity contribution in [1.29, 1.82) is 0 Å². The smallest absolute Gasteiger partial charge is 0.120 e. The van der Waals surface area contributed by atoms with Crippen LogP contribution in [-0.4, -0.2) is 12.6 Å². The summed E-state index contributed by atoms with van der Waals surface area (Å²) in [6.45, 7) is 3.02. The second-order valence-electron chi connectivity index (χ2n) is 5.03. The Labute approximate surface area is 112 Å². The highest BCUT2D eigenvalue weighted by Crippen LogP contribution is 2.32. The van der Waals surface area contributed by atoms with E-state index in [9.17, 15) is 0 Å². The van der Waals surface area contributed by atoms with Crippen molar-refractivity contribution >= 4 is 15.9 Å². The molecule has 0 saturated heterocycles. The predicted molar refractivity (Wildman–Crippen MR) is 74.1 cm³/mol. The quantitative estimate of drug-likeness (QED) is 0.925. The summed E-state index contributed by atoms with van der Waals surface area (Å²) in [5.74, 6) is 2.19. The Hall–Kier alpha value is -0.540. The molecule has 2 nitrogen and oxygen atoms in total. The molecule has 1 fully saturated rings. The van der Waals surface area contributed by atoms with Gasteiger partial charge in [-0.3, -0.25) is 0 Å². The fourth-order valence-corrected chi connectivity index (χ4v) is 2.90. The second-order valence-corrected chi connectivity index (χ2v) is 5.94. The highest BCUT2D eigenvalue weighted by Gasteiger charge is 2.29.